The number of para-hydroxylation sites is 1. The zero-order chi connectivity index (χ0) is 40.1. The number of fused-ring (bicyclic) bond motifs is 1. The van der Waals surface area contributed by atoms with Crippen LogP contribution in [-0.2, 0) is 24.5 Å². The van der Waals surface area contributed by atoms with Crippen molar-refractivity contribution in [3.8, 4) is 11.5 Å². The number of amides is 1. The lowest BCUT2D eigenvalue weighted by Crippen LogP contribution is -2.44. The fourth-order valence-electron chi connectivity index (χ4n) is 8.25. The number of benzene rings is 4. The van der Waals surface area contributed by atoms with Gasteiger partial charge >= 0.3 is 0 Å². The van der Waals surface area contributed by atoms with Crippen molar-refractivity contribution in [2.45, 2.75) is 68.0 Å². The van der Waals surface area contributed by atoms with Crippen molar-refractivity contribution in [2.75, 3.05) is 33.3 Å². The Kier molecular flexibility index (Phi) is 11.8. The predicted molar refractivity (Wildman–Crippen MR) is 216 cm³/mol. The largest absolute Gasteiger partial charge is 0.493 e. The van der Waals surface area contributed by atoms with E-state index in [0.717, 1.165) is 36.8 Å². The highest BCUT2D eigenvalue weighted by atomic mass is 16.6. The van der Waals surface area contributed by atoms with Crippen LogP contribution in [0, 0.1) is 0 Å². The number of ether oxygens (including phenoxy) is 6. The van der Waals surface area contributed by atoms with Gasteiger partial charge in [0.1, 0.15) is 30.2 Å². The topological polar surface area (TPSA) is 148 Å². The summed E-state index contributed by atoms with van der Waals surface area (Å²) in [5, 5.41) is 15.2. The van der Waals surface area contributed by atoms with E-state index in [1.165, 1.54) is 6.33 Å². The van der Waals surface area contributed by atoms with Crippen LogP contribution in [0.15, 0.2) is 122 Å². The quantitative estimate of drug-likeness (QED) is 0.114. The van der Waals surface area contributed by atoms with Gasteiger partial charge in [-0.25, -0.2) is 15.0 Å². The molecule has 4 aromatic carbocycles. The molecule has 1 saturated heterocycles. The number of imidazole rings is 1. The number of rotatable bonds is 14. The zero-order valence-electron chi connectivity index (χ0n) is 32.6. The molecule has 3 heterocycles. The first kappa shape index (κ1) is 39.1. The molecule has 0 spiro atoms. The minimum Gasteiger partial charge on any atom is -0.493 e. The number of nitrogens with zero attached hydrogens (tertiary/aromatic N) is 4. The lowest BCUT2D eigenvalue weighted by Gasteiger charge is -2.38. The number of hydrogen-bond acceptors (Lipinski definition) is 11. The number of aromatic nitrogens is 4. The third kappa shape index (κ3) is 7.43. The fourth-order valence-corrected chi connectivity index (χ4v) is 8.25. The number of methoxy groups -OCH3 is 3. The minimum atomic E-state index is -1.24. The first-order valence-electron chi connectivity index (χ1n) is 19.5. The van der Waals surface area contributed by atoms with Crippen LogP contribution >= 0.6 is 0 Å². The molecule has 2 N–H and O–H groups in total. The second-order valence-electron chi connectivity index (χ2n) is 14.4. The minimum absolute atomic E-state index is 0.0694. The molecule has 58 heavy (non-hydrogen) atoms. The second kappa shape index (κ2) is 17.4. The Hall–Kier alpha value is -5.70. The lowest BCUT2D eigenvalue weighted by atomic mass is 9.79. The highest BCUT2D eigenvalue weighted by molar-refractivity contribution is 6.06. The summed E-state index contributed by atoms with van der Waals surface area (Å²) in [7, 11) is 4.89. The van der Waals surface area contributed by atoms with Crippen LogP contribution in [0.25, 0.3) is 11.2 Å². The highest BCUT2D eigenvalue weighted by Gasteiger charge is 2.50. The predicted octanol–water partition coefficient (Wildman–Crippen LogP) is 6.71. The van der Waals surface area contributed by atoms with E-state index in [2.05, 4.69) is 20.3 Å². The Morgan fingerprint density at radius 3 is 2.16 bits per heavy atom. The van der Waals surface area contributed by atoms with Crippen molar-refractivity contribution in [2.24, 2.45) is 0 Å². The molecule has 1 aliphatic heterocycles. The van der Waals surface area contributed by atoms with Gasteiger partial charge in [-0.1, -0.05) is 104 Å². The smallest absolute Gasteiger partial charge is 0.256 e. The summed E-state index contributed by atoms with van der Waals surface area (Å²) in [4.78, 5) is 26.7. The van der Waals surface area contributed by atoms with E-state index in [1.54, 1.807) is 56.5 Å². The maximum Gasteiger partial charge on any atom is 0.256 e. The standard InChI is InChI=1S/C45H47N5O8/c1-53-33-23-13-14-24-34(33)57-40-38(51)36(58-44(40)50-28-48-37-41(46-27-47-42(37)50)49-43(52)29-16-7-4-8-17-29)26-56-45(30-18-9-5-10-19-30,31-20-11-6-12-21-31)32-22-15-25-35(54-2)39(32)55-3/h4-12,15-22,25,27-28,33-34,36,38,40,44,51H,13-14,23-24,26H2,1-3H3,(H,46,47,49,52)/t33-,34-,36-,38-,40-,44-/m1/s1. The fraction of sp³-hybridized carbons (Fsp3) is 0.333. The molecule has 1 aliphatic carbocycles. The average molecular weight is 786 g/mol. The van der Waals surface area contributed by atoms with Crippen LogP contribution in [0.3, 0.4) is 0 Å². The molecule has 2 fully saturated rings. The summed E-state index contributed by atoms with van der Waals surface area (Å²) >= 11 is 0. The number of carbonyl (C=O) groups excluding carboxylic acids is 1. The monoisotopic (exact) mass is 785 g/mol. The number of aliphatic hydroxyl groups excluding tert-OH is 1. The maximum atomic E-state index is 13.2. The van der Waals surface area contributed by atoms with E-state index in [-0.39, 0.29) is 30.5 Å². The third-order valence-electron chi connectivity index (χ3n) is 11.1. The van der Waals surface area contributed by atoms with Crippen molar-refractivity contribution in [3.05, 3.63) is 144 Å². The van der Waals surface area contributed by atoms with E-state index < -0.39 is 30.1 Å². The molecule has 300 valence electrons. The Bertz CT molecular complexity index is 2250. The van der Waals surface area contributed by atoms with Crippen molar-refractivity contribution in [1.29, 1.82) is 0 Å². The van der Waals surface area contributed by atoms with Gasteiger partial charge in [0.25, 0.3) is 5.91 Å². The summed E-state index contributed by atoms with van der Waals surface area (Å²) in [6, 6.07) is 34.3. The third-order valence-corrected chi connectivity index (χ3v) is 11.1. The first-order chi connectivity index (χ1) is 28.5. The molecule has 6 aromatic rings. The molecule has 2 aromatic heterocycles. The van der Waals surface area contributed by atoms with Gasteiger partial charge in [-0.3, -0.25) is 9.36 Å². The molecule has 1 saturated carbocycles. The van der Waals surface area contributed by atoms with Gasteiger partial charge in [0.15, 0.2) is 34.7 Å². The molecule has 8 rings (SSSR count). The highest BCUT2D eigenvalue weighted by Crippen LogP contribution is 2.48. The van der Waals surface area contributed by atoms with Crippen LogP contribution in [0.1, 0.15) is 59.0 Å². The van der Waals surface area contributed by atoms with E-state index in [4.69, 9.17) is 28.4 Å². The number of anilines is 1. The molecular formula is C45H47N5O8. The lowest BCUT2D eigenvalue weighted by molar-refractivity contribution is -0.149. The summed E-state index contributed by atoms with van der Waals surface area (Å²) in [5.74, 6) is 0.950. The molecule has 0 radical (unpaired) electrons. The summed E-state index contributed by atoms with van der Waals surface area (Å²) in [6.45, 7) is -0.0694. The number of aliphatic hydroxyl groups is 1. The summed E-state index contributed by atoms with van der Waals surface area (Å²) in [6.07, 6.45) is 2.28. The molecule has 0 unspecified atom stereocenters. The zero-order valence-corrected chi connectivity index (χ0v) is 32.6. The van der Waals surface area contributed by atoms with E-state index >= 15 is 0 Å². The van der Waals surface area contributed by atoms with Crippen LogP contribution in [0.5, 0.6) is 11.5 Å². The summed E-state index contributed by atoms with van der Waals surface area (Å²) < 4.78 is 40.3. The van der Waals surface area contributed by atoms with E-state index in [0.29, 0.717) is 33.8 Å². The molecule has 2 aliphatic rings. The molecular weight excluding hydrogens is 739 g/mol. The van der Waals surface area contributed by atoms with Gasteiger partial charge < -0.3 is 38.8 Å². The van der Waals surface area contributed by atoms with Crippen LogP contribution in [0.4, 0.5) is 5.82 Å². The molecule has 13 heteroatoms. The molecule has 0 bridgehead atoms. The Morgan fingerprint density at radius 2 is 1.50 bits per heavy atom. The number of hydrogen-bond donors (Lipinski definition) is 2. The van der Waals surface area contributed by atoms with Gasteiger partial charge in [-0.15, -0.1) is 0 Å². The summed E-state index contributed by atoms with van der Waals surface area (Å²) in [5.41, 5.74) is 2.34. The average Bonchev–Trinajstić information content (AvgIpc) is 3.85. The molecule has 6 atom stereocenters. The van der Waals surface area contributed by atoms with Crippen LogP contribution < -0.4 is 14.8 Å². The second-order valence-corrected chi connectivity index (χ2v) is 14.4. The maximum absolute atomic E-state index is 13.2. The van der Waals surface area contributed by atoms with Crippen molar-refractivity contribution in [1.82, 2.24) is 19.5 Å². The SMILES string of the molecule is COc1cccc(C(OC[C@H]2O[C@@H](n3cnc4c(NC(=O)c5ccccc5)ncnc43)[C@H](O[C@@H]3CCCC[C@H]3OC)[C@@H]2O)(c2ccccc2)c2ccccc2)c1OC. The Balaban J connectivity index is 1.18. The van der Waals surface area contributed by atoms with Gasteiger partial charge in [0.2, 0.25) is 0 Å². The Morgan fingerprint density at radius 1 is 0.828 bits per heavy atom. The van der Waals surface area contributed by atoms with Gasteiger partial charge in [-0.2, -0.15) is 0 Å². The van der Waals surface area contributed by atoms with Crippen LogP contribution in [-0.4, -0.2) is 89.0 Å². The molecule has 13 nitrogen and oxygen atoms in total. The molecule has 1 amide bonds. The van der Waals surface area contributed by atoms with Gasteiger partial charge in [-0.05, 0) is 42.2 Å². The van der Waals surface area contributed by atoms with Crippen molar-refractivity contribution < 1.29 is 38.3 Å². The van der Waals surface area contributed by atoms with Gasteiger partial charge in [0, 0.05) is 18.2 Å². The van der Waals surface area contributed by atoms with Gasteiger partial charge in [0.05, 0.1) is 39.4 Å². The van der Waals surface area contributed by atoms with E-state index in [1.807, 2.05) is 84.9 Å². The number of nitrogens with one attached hydrogen (secondary N) is 1. The van der Waals surface area contributed by atoms with Crippen molar-refractivity contribution >= 4 is 22.9 Å². The van der Waals surface area contributed by atoms with E-state index in [9.17, 15) is 9.90 Å². The normalized spacial score (nSPS) is 22.1. The van der Waals surface area contributed by atoms with Crippen molar-refractivity contribution in [3.63, 3.8) is 0 Å². The van der Waals surface area contributed by atoms with Crippen LogP contribution in [0.2, 0.25) is 0 Å². The number of carbonyl (C=O) groups is 1. The first-order valence-corrected chi connectivity index (χ1v) is 19.5. The Labute approximate surface area is 336 Å².